The summed E-state index contributed by atoms with van der Waals surface area (Å²) in [6, 6.07) is 5.87. The summed E-state index contributed by atoms with van der Waals surface area (Å²) in [6.07, 6.45) is -7.84. The maximum atomic E-state index is 13.8. The standard InChI is InChI=1S/C24H20ClF5N6O4S2/c1-34-6-8-35(9-7-34)42(38,39)19-11-16(20(25)41-19)33-23(37)40-18-12-31-36-17(21(26)27)10-15(32-22(18)36)13-2-4-14(5-3-13)24(28,29)30/h2-5,10-12,21H,6-9H2,1H3,(H,33,37). The van der Waals surface area contributed by atoms with E-state index in [0.29, 0.717) is 13.1 Å². The fraction of sp³-hybridized carbons (Fsp3) is 0.292. The number of likely N-dealkylation sites (N-methyl/N-ethyl adjacent to an activating group) is 1. The predicted octanol–water partition coefficient (Wildman–Crippen LogP) is 5.61. The minimum absolute atomic E-state index is 0.0396. The zero-order valence-corrected chi connectivity index (χ0v) is 23.8. The van der Waals surface area contributed by atoms with Crippen molar-refractivity contribution in [2.45, 2.75) is 16.8 Å². The molecule has 0 saturated carbocycles. The highest BCUT2D eigenvalue weighted by Crippen LogP contribution is 2.37. The number of carbonyl (C=O) groups is 1. The summed E-state index contributed by atoms with van der Waals surface area (Å²) in [4.78, 5) is 18.9. The Morgan fingerprint density at radius 1 is 1.12 bits per heavy atom. The molecule has 1 aromatic carbocycles. The van der Waals surface area contributed by atoms with Crippen molar-refractivity contribution in [2.75, 3.05) is 38.5 Å². The van der Waals surface area contributed by atoms with Crippen LogP contribution in [0.3, 0.4) is 0 Å². The van der Waals surface area contributed by atoms with Gasteiger partial charge in [-0.15, -0.1) is 11.3 Å². The number of rotatable bonds is 6. The molecule has 18 heteroatoms. The molecule has 0 bridgehead atoms. The molecule has 3 aromatic heterocycles. The van der Waals surface area contributed by atoms with Gasteiger partial charge in [-0.2, -0.15) is 22.6 Å². The Morgan fingerprint density at radius 3 is 2.40 bits per heavy atom. The normalized spacial score (nSPS) is 15.4. The SMILES string of the molecule is CN1CCN(S(=O)(=O)c2cc(NC(=O)Oc3cnn4c(C(F)F)cc(-c5ccc(C(F)(F)F)cc5)nc34)c(Cl)s2)CC1. The van der Waals surface area contributed by atoms with Crippen LogP contribution in [0.5, 0.6) is 5.75 Å². The first-order valence-electron chi connectivity index (χ1n) is 12.1. The highest BCUT2D eigenvalue weighted by molar-refractivity contribution is 7.91. The molecule has 1 aliphatic heterocycles. The lowest BCUT2D eigenvalue weighted by Crippen LogP contribution is -2.46. The number of piperazine rings is 1. The van der Waals surface area contributed by atoms with Crippen LogP contribution < -0.4 is 10.1 Å². The first-order chi connectivity index (χ1) is 19.7. The molecule has 4 aromatic rings. The van der Waals surface area contributed by atoms with Crippen LogP contribution in [-0.2, 0) is 16.2 Å². The van der Waals surface area contributed by atoms with Gasteiger partial charge in [0.1, 0.15) is 14.2 Å². The number of alkyl halides is 5. The molecule has 0 unspecified atom stereocenters. The lowest BCUT2D eigenvalue weighted by Gasteiger charge is -2.31. The van der Waals surface area contributed by atoms with E-state index in [1.165, 1.54) is 10.4 Å². The topological polar surface area (TPSA) is 109 Å². The van der Waals surface area contributed by atoms with Gasteiger partial charge in [0.15, 0.2) is 11.4 Å². The third-order valence-corrected chi connectivity index (χ3v) is 10.1. The fourth-order valence-electron chi connectivity index (χ4n) is 4.12. The van der Waals surface area contributed by atoms with Crippen LogP contribution in [-0.4, -0.2) is 71.5 Å². The third-order valence-electron chi connectivity index (χ3n) is 6.36. The number of carbonyl (C=O) groups excluding carboxylic acids is 1. The van der Waals surface area contributed by atoms with E-state index in [1.807, 2.05) is 11.9 Å². The third kappa shape index (κ3) is 6.05. The van der Waals surface area contributed by atoms with Crippen molar-refractivity contribution >= 4 is 50.4 Å². The summed E-state index contributed by atoms with van der Waals surface area (Å²) in [5.41, 5.74) is -1.96. The molecule has 1 aliphatic rings. The van der Waals surface area contributed by atoms with Crippen LogP contribution in [0.4, 0.5) is 32.4 Å². The number of halogens is 6. The number of aromatic nitrogens is 3. The van der Waals surface area contributed by atoms with Crippen molar-refractivity contribution in [2.24, 2.45) is 0 Å². The second kappa shape index (κ2) is 11.4. The van der Waals surface area contributed by atoms with Crippen LogP contribution in [0, 0.1) is 0 Å². The summed E-state index contributed by atoms with van der Waals surface area (Å²) in [5.74, 6) is -0.347. The number of sulfonamides is 1. The number of amides is 1. The predicted molar refractivity (Wildman–Crippen MR) is 144 cm³/mol. The molecule has 0 aliphatic carbocycles. The number of fused-ring (bicyclic) bond motifs is 1. The molecule has 0 spiro atoms. The first-order valence-corrected chi connectivity index (χ1v) is 14.7. The van der Waals surface area contributed by atoms with Crippen LogP contribution in [0.25, 0.3) is 16.9 Å². The summed E-state index contributed by atoms with van der Waals surface area (Å²) in [7, 11) is -1.99. The number of hydrogen-bond acceptors (Lipinski definition) is 8. The van der Waals surface area contributed by atoms with E-state index in [2.05, 4.69) is 15.4 Å². The summed E-state index contributed by atoms with van der Waals surface area (Å²) in [5, 5.41) is 6.13. The number of nitrogens with one attached hydrogen (secondary N) is 1. The van der Waals surface area contributed by atoms with Gasteiger partial charge in [-0.1, -0.05) is 23.7 Å². The number of hydrogen-bond donors (Lipinski definition) is 1. The Hall–Kier alpha value is -3.38. The van der Waals surface area contributed by atoms with E-state index in [9.17, 15) is 35.2 Å². The highest BCUT2D eigenvalue weighted by Gasteiger charge is 2.31. The van der Waals surface area contributed by atoms with Gasteiger partial charge in [-0.25, -0.2) is 31.5 Å². The zero-order chi connectivity index (χ0) is 30.4. The number of nitrogens with zero attached hydrogens (tertiary/aromatic N) is 5. The number of ether oxygens (including phenoxy) is 1. The van der Waals surface area contributed by atoms with Gasteiger partial charge >= 0.3 is 12.3 Å². The van der Waals surface area contributed by atoms with Crippen molar-refractivity contribution in [1.29, 1.82) is 0 Å². The Labute approximate surface area is 244 Å². The molecule has 4 heterocycles. The summed E-state index contributed by atoms with van der Waals surface area (Å²) < 4.78 is 99.7. The van der Waals surface area contributed by atoms with Crippen LogP contribution in [0.15, 0.2) is 46.8 Å². The Morgan fingerprint density at radius 2 is 1.79 bits per heavy atom. The number of thiophene rings is 1. The van der Waals surface area contributed by atoms with Crippen molar-refractivity contribution in [3.05, 3.63) is 58.2 Å². The van der Waals surface area contributed by atoms with E-state index >= 15 is 0 Å². The lowest BCUT2D eigenvalue weighted by atomic mass is 10.1. The van der Waals surface area contributed by atoms with Crippen molar-refractivity contribution < 1.29 is 39.9 Å². The zero-order valence-electron chi connectivity index (χ0n) is 21.4. The molecule has 224 valence electrons. The van der Waals surface area contributed by atoms with Gasteiger partial charge in [0.2, 0.25) is 0 Å². The Kier molecular flexibility index (Phi) is 8.14. The minimum atomic E-state index is -4.59. The van der Waals surface area contributed by atoms with E-state index in [-0.39, 0.29) is 50.0 Å². The van der Waals surface area contributed by atoms with Gasteiger partial charge in [0.25, 0.3) is 16.4 Å². The highest BCUT2D eigenvalue weighted by atomic mass is 35.5. The van der Waals surface area contributed by atoms with Crippen LogP contribution >= 0.6 is 22.9 Å². The summed E-state index contributed by atoms with van der Waals surface area (Å²) in [6.45, 7) is 1.68. The van der Waals surface area contributed by atoms with Crippen molar-refractivity contribution in [3.8, 4) is 17.0 Å². The first kappa shape index (κ1) is 30.1. The van der Waals surface area contributed by atoms with Crippen LogP contribution in [0.2, 0.25) is 4.34 Å². The lowest BCUT2D eigenvalue weighted by molar-refractivity contribution is -0.137. The molecule has 0 radical (unpaired) electrons. The molecular formula is C24H20ClF5N6O4S2. The van der Waals surface area contributed by atoms with E-state index < -0.39 is 40.0 Å². The van der Waals surface area contributed by atoms with Gasteiger partial charge in [-0.3, -0.25) is 5.32 Å². The second-order valence-electron chi connectivity index (χ2n) is 9.16. The molecule has 10 nitrogen and oxygen atoms in total. The van der Waals surface area contributed by atoms with Crippen molar-refractivity contribution in [1.82, 2.24) is 23.8 Å². The molecule has 1 saturated heterocycles. The smallest absolute Gasteiger partial charge is 0.404 e. The fourth-order valence-corrected chi connectivity index (χ4v) is 7.34. The molecule has 5 rings (SSSR count). The molecule has 0 atom stereocenters. The van der Waals surface area contributed by atoms with E-state index in [4.69, 9.17) is 16.3 Å². The maximum absolute atomic E-state index is 13.8. The van der Waals surface area contributed by atoms with Gasteiger partial charge in [0.05, 0.1) is 23.1 Å². The number of benzene rings is 1. The van der Waals surface area contributed by atoms with E-state index in [0.717, 1.165) is 52.4 Å². The molecule has 1 N–H and O–H groups in total. The van der Waals surface area contributed by atoms with Gasteiger partial charge in [0, 0.05) is 31.7 Å². The molecule has 42 heavy (non-hydrogen) atoms. The van der Waals surface area contributed by atoms with Crippen molar-refractivity contribution in [3.63, 3.8) is 0 Å². The number of anilines is 1. The molecule has 1 fully saturated rings. The van der Waals surface area contributed by atoms with E-state index in [1.54, 1.807) is 0 Å². The Bertz CT molecular complexity index is 1740. The minimum Gasteiger partial charge on any atom is -0.404 e. The van der Waals surface area contributed by atoms with Gasteiger partial charge < -0.3 is 9.64 Å². The molecule has 1 amide bonds. The summed E-state index contributed by atoms with van der Waals surface area (Å²) >= 11 is 6.94. The average molecular weight is 651 g/mol. The van der Waals surface area contributed by atoms with Gasteiger partial charge in [-0.05, 0) is 31.3 Å². The van der Waals surface area contributed by atoms with Crippen LogP contribution in [0.1, 0.15) is 17.7 Å². The second-order valence-corrected chi connectivity index (χ2v) is 13.0. The monoisotopic (exact) mass is 650 g/mol. The Balaban J connectivity index is 1.39. The maximum Gasteiger partial charge on any atom is 0.417 e. The largest absolute Gasteiger partial charge is 0.417 e. The molecular weight excluding hydrogens is 631 g/mol. The quantitative estimate of drug-likeness (QED) is 0.270. The average Bonchev–Trinajstić information content (AvgIpc) is 3.51.